The fraction of sp³-hybridized carbons (Fsp3) is 0.111. The first-order valence-electron chi connectivity index (χ1n) is 7.62. The third-order valence-corrected chi connectivity index (χ3v) is 3.57. The highest BCUT2D eigenvalue weighted by Gasteiger charge is 2.09. The van der Waals surface area contributed by atoms with E-state index in [1.165, 1.54) is 6.33 Å². The van der Waals surface area contributed by atoms with Gasteiger partial charge in [-0.2, -0.15) is 0 Å². The Hall–Kier alpha value is -3.48. The van der Waals surface area contributed by atoms with E-state index >= 15 is 0 Å². The molecule has 7 nitrogen and oxygen atoms in total. The highest BCUT2D eigenvalue weighted by molar-refractivity contribution is 5.80. The van der Waals surface area contributed by atoms with Gasteiger partial charge in [-0.3, -0.25) is 0 Å². The summed E-state index contributed by atoms with van der Waals surface area (Å²) in [6, 6.07) is 15.0. The van der Waals surface area contributed by atoms with E-state index in [4.69, 9.17) is 15.2 Å². The summed E-state index contributed by atoms with van der Waals surface area (Å²) in [6.45, 7) is 0. The number of ether oxygens (including phenoxy) is 2. The molecule has 0 saturated carbocycles. The number of benzene rings is 2. The van der Waals surface area contributed by atoms with Gasteiger partial charge < -0.3 is 25.8 Å². The molecule has 7 heteroatoms. The van der Waals surface area contributed by atoms with Crippen molar-refractivity contribution in [3.05, 3.63) is 54.9 Å². The molecule has 128 valence electrons. The first-order valence-corrected chi connectivity index (χ1v) is 7.62. The van der Waals surface area contributed by atoms with Gasteiger partial charge in [-0.15, -0.1) is 0 Å². The average Bonchev–Trinajstić information content (AvgIpc) is 2.66. The van der Waals surface area contributed by atoms with Crippen molar-refractivity contribution in [2.24, 2.45) is 0 Å². The summed E-state index contributed by atoms with van der Waals surface area (Å²) in [5, 5.41) is 6.35. The van der Waals surface area contributed by atoms with Gasteiger partial charge in [0.05, 0.1) is 14.2 Å². The second-order valence-electron chi connectivity index (χ2n) is 5.20. The quantitative estimate of drug-likeness (QED) is 0.633. The van der Waals surface area contributed by atoms with Gasteiger partial charge >= 0.3 is 0 Å². The van der Waals surface area contributed by atoms with Crippen LogP contribution in [-0.4, -0.2) is 24.2 Å². The molecule has 0 bridgehead atoms. The third kappa shape index (κ3) is 3.89. The Labute approximate surface area is 145 Å². The van der Waals surface area contributed by atoms with Crippen LogP contribution in [0.25, 0.3) is 0 Å². The van der Waals surface area contributed by atoms with Crippen molar-refractivity contribution < 1.29 is 9.47 Å². The first-order chi connectivity index (χ1) is 12.2. The van der Waals surface area contributed by atoms with Crippen LogP contribution < -0.4 is 25.8 Å². The molecule has 1 aromatic heterocycles. The molecule has 0 saturated heterocycles. The average molecular weight is 337 g/mol. The lowest BCUT2D eigenvalue weighted by Crippen LogP contribution is -2.05. The number of nitrogens with two attached hydrogens (primary N) is 1. The summed E-state index contributed by atoms with van der Waals surface area (Å²) >= 11 is 0. The number of aromatic nitrogens is 2. The minimum atomic E-state index is 0.418. The van der Waals surface area contributed by atoms with Gasteiger partial charge in [-0.25, -0.2) is 9.97 Å². The highest BCUT2D eigenvalue weighted by Crippen LogP contribution is 2.29. The lowest BCUT2D eigenvalue weighted by Gasteiger charge is -2.13. The molecule has 2 aromatic carbocycles. The SMILES string of the molecule is COc1ccc(Nc2ncnc(Nc3cccc(OC)c3)c2N)cc1. The molecule has 0 aliphatic rings. The summed E-state index contributed by atoms with van der Waals surface area (Å²) in [7, 11) is 3.25. The largest absolute Gasteiger partial charge is 0.497 e. The normalized spacial score (nSPS) is 10.2. The van der Waals surface area contributed by atoms with Crippen LogP contribution in [0.3, 0.4) is 0 Å². The van der Waals surface area contributed by atoms with Crippen molar-refractivity contribution in [2.75, 3.05) is 30.6 Å². The predicted molar refractivity (Wildman–Crippen MR) is 99.0 cm³/mol. The number of anilines is 5. The molecule has 0 unspecified atom stereocenters. The molecule has 0 aliphatic heterocycles. The molecule has 0 fully saturated rings. The van der Waals surface area contributed by atoms with Gasteiger partial charge in [-0.05, 0) is 36.4 Å². The van der Waals surface area contributed by atoms with E-state index in [-0.39, 0.29) is 0 Å². The van der Waals surface area contributed by atoms with Crippen LogP contribution in [0, 0.1) is 0 Å². The molecule has 0 radical (unpaired) electrons. The highest BCUT2D eigenvalue weighted by atomic mass is 16.5. The maximum Gasteiger partial charge on any atom is 0.159 e. The number of methoxy groups -OCH3 is 2. The molecule has 3 rings (SSSR count). The minimum Gasteiger partial charge on any atom is -0.497 e. The zero-order chi connectivity index (χ0) is 17.6. The maximum absolute atomic E-state index is 6.20. The zero-order valence-electron chi connectivity index (χ0n) is 14.0. The van der Waals surface area contributed by atoms with Crippen LogP contribution in [0.4, 0.5) is 28.7 Å². The van der Waals surface area contributed by atoms with E-state index < -0.39 is 0 Å². The van der Waals surface area contributed by atoms with E-state index in [2.05, 4.69) is 20.6 Å². The monoisotopic (exact) mass is 337 g/mol. The molecule has 0 amide bonds. The molecular weight excluding hydrogens is 318 g/mol. The Morgan fingerprint density at radius 2 is 1.44 bits per heavy atom. The van der Waals surface area contributed by atoms with E-state index in [1.807, 2.05) is 48.5 Å². The van der Waals surface area contributed by atoms with E-state index in [0.717, 1.165) is 22.9 Å². The Morgan fingerprint density at radius 1 is 0.800 bits per heavy atom. The molecule has 0 atom stereocenters. The fourth-order valence-corrected chi connectivity index (χ4v) is 2.24. The topological polar surface area (TPSA) is 94.3 Å². The fourth-order valence-electron chi connectivity index (χ4n) is 2.24. The van der Waals surface area contributed by atoms with Gasteiger partial charge in [0, 0.05) is 17.4 Å². The van der Waals surface area contributed by atoms with E-state index in [0.29, 0.717) is 17.3 Å². The maximum atomic E-state index is 6.20. The summed E-state index contributed by atoms with van der Waals surface area (Å²) in [5.74, 6) is 2.56. The molecular formula is C18H19N5O2. The molecule has 25 heavy (non-hydrogen) atoms. The van der Waals surface area contributed by atoms with Crippen LogP contribution in [0.5, 0.6) is 11.5 Å². The Bertz CT molecular complexity index is 852. The van der Waals surface area contributed by atoms with Crippen LogP contribution in [0.15, 0.2) is 54.9 Å². The molecule has 0 aliphatic carbocycles. The standard InChI is InChI=1S/C18H19N5O2/c1-24-14-8-6-12(7-9-14)22-17-16(19)18(21-11-20-17)23-13-4-3-5-15(10-13)25-2/h3-11H,19H2,1-2H3,(H2,20,21,22,23). The van der Waals surface area contributed by atoms with Crippen molar-refractivity contribution in [2.45, 2.75) is 0 Å². The van der Waals surface area contributed by atoms with Crippen molar-refractivity contribution in [3.63, 3.8) is 0 Å². The molecule has 0 spiro atoms. The predicted octanol–water partition coefficient (Wildman–Crippen LogP) is 3.56. The zero-order valence-corrected chi connectivity index (χ0v) is 14.0. The second kappa shape index (κ2) is 7.39. The van der Waals surface area contributed by atoms with Crippen LogP contribution in [0.2, 0.25) is 0 Å². The number of rotatable bonds is 6. The first kappa shape index (κ1) is 16.4. The lowest BCUT2D eigenvalue weighted by atomic mass is 10.3. The van der Waals surface area contributed by atoms with Crippen LogP contribution in [-0.2, 0) is 0 Å². The number of nitrogen functional groups attached to an aromatic ring is 1. The third-order valence-electron chi connectivity index (χ3n) is 3.57. The van der Waals surface area contributed by atoms with Crippen LogP contribution in [0.1, 0.15) is 0 Å². The molecule has 1 heterocycles. The Balaban J connectivity index is 1.81. The number of nitrogens with zero attached hydrogens (tertiary/aromatic N) is 2. The summed E-state index contributed by atoms with van der Waals surface area (Å²) < 4.78 is 10.4. The van der Waals surface area contributed by atoms with Crippen molar-refractivity contribution in [1.82, 2.24) is 9.97 Å². The van der Waals surface area contributed by atoms with Gasteiger partial charge in [0.25, 0.3) is 0 Å². The Kier molecular flexibility index (Phi) is 4.84. The number of hydrogen-bond donors (Lipinski definition) is 3. The van der Waals surface area contributed by atoms with Crippen molar-refractivity contribution >= 4 is 28.7 Å². The number of nitrogens with one attached hydrogen (secondary N) is 2. The van der Waals surface area contributed by atoms with E-state index in [1.54, 1.807) is 14.2 Å². The Morgan fingerprint density at radius 3 is 2.08 bits per heavy atom. The van der Waals surface area contributed by atoms with Gasteiger partial charge in [0.15, 0.2) is 11.6 Å². The summed E-state index contributed by atoms with van der Waals surface area (Å²) in [4.78, 5) is 8.42. The van der Waals surface area contributed by atoms with Gasteiger partial charge in [-0.1, -0.05) is 6.07 Å². The summed E-state index contributed by atoms with van der Waals surface area (Å²) in [6.07, 6.45) is 1.45. The van der Waals surface area contributed by atoms with Crippen molar-refractivity contribution in [3.8, 4) is 11.5 Å². The minimum absolute atomic E-state index is 0.418. The molecule has 4 N–H and O–H groups in total. The van der Waals surface area contributed by atoms with Gasteiger partial charge in [0.1, 0.15) is 23.5 Å². The van der Waals surface area contributed by atoms with Crippen molar-refractivity contribution in [1.29, 1.82) is 0 Å². The second-order valence-corrected chi connectivity index (χ2v) is 5.20. The lowest BCUT2D eigenvalue weighted by molar-refractivity contribution is 0.415. The van der Waals surface area contributed by atoms with Gasteiger partial charge in [0.2, 0.25) is 0 Å². The smallest absolute Gasteiger partial charge is 0.159 e. The van der Waals surface area contributed by atoms with E-state index in [9.17, 15) is 0 Å². The van der Waals surface area contributed by atoms with Crippen LogP contribution >= 0.6 is 0 Å². The summed E-state index contributed by atoms with van der Waals surface area (Å²) in [5.41, 5.74) is 8.28. The number of hydrogen-bond acceptors (Lipinski definition) is 7. The molecule has 3 aromatic rings.